The summed E-state index contributed by atoms with van der Waals surface area (Å²) in [6, 6.07) is 16.8. The molecule has 0 aliphatic rings. The van der Waals surface area contributed by atoms with E-state index in [0.717, 1.165) is 52.8 Å². The maximum atomic E-state index is 12.9. The van der Waals surface area contributed by atoms with Crippen LogP contribution >= 0.6 is 34.0 Å². The zero-order chi connectivity index (χ0) is 27.9. The van der Waals surface area contributed by atoms with Crippen molar-refractivity contribution in [3.8, 4) is 12.1 Å². The van der Waals surface area contributed by atoms with Crippen molar-refractivity contribution >= 4 is 76.1 Å². The maximum absolute atomic E-state index is 12.9. The van der Waals surface area contributed by atoms with Crippen LogP contribution in [0.2, 0.25) is 0 Å². The van der Waals surface area contributed by atoms with E-state index in [0.29, 0.717) is 11.1 Å². The molecular formula is C28H12F6N2S3. The third kappa shape index (κ3) is 5.48. The zero-order valence-electron chi connectivity index (χ0n) is 19.3. The van der Waals surface area contributed by atoms with E-state index in [4.69, 9.17) is 0 Å². The van der Waals surface area contributed by atoms with Crippen LogP contribution < -0.4 is 0 Å². The molecule has 0 fully saturated rings. The largest absolute Gasteiger partial charge is 0.416 e. The number of rotatable bonds is 4. The van der Waals surface area contributed by atoms with Gasteiger partial charge in [-0.1, -0.05) is 24.3 Å². The van der Waals surface area contributed by atoms with Crippen LogP contribution in [0.15, 0.2) is 60.7 Å². The van der Waals surface area contributed by atoms with E-state index in [-0.39, 0.29) is 11.1 Å². The topological polar surface area (TPSA) is 47.6 Å². The Bertz CT molecular complexity index is 1700. The summed E-state index contributed by atoms with van der Waals surface area (Å²) in [5, 5.41) is 19.2. The van der Waals surface area contributed by atoms with Crippen molar-refractivity contribution in [3.63, 3.8) is 0 Å². The van der Waals surface area contributed by atoms with Crippen LogP contribution in [0.4, 0.5) is 26.3 Å². The van der Waals surface area contributed by atoms with Gasteiger partial charge in [-0.05, 0) is 59.7 Å². The van der Waals surface area contributed by atoms with E-state index in [1.54, 1.807) is 12.2 Å². The average molecular weight is 587 g/mol. The highest BCUT2D eigenvalue weighted by Gasteiger charge is 2.31. The first-order valence-electron chi connectivity index (χ1n) is 11.0. The molecule has 0 unspecified atom stereocenters. The number of thiophene rings is 3. The van der Waals surface area contributed by atoms with Gasteiger partial charge in [-0.2, -0.15) is 36.9 Å². The van der Waals surface area contributed by atoms with Gasteiger partial charge >= 0.3 is 12.4 Å². The quantitative estimate of drug-likeness (QED) is 0.155. The van der Waals surface area contributed by atoms with Crippen LogP contribution in [-0.4, -0.2) is 0 Å². The average Bonchev–Trinajstić information content (AvgIpc) is 3.55. The fourth-order valence-electron chi connectivity index (χ4n) is 3.84. The van der Waals surface area contributed by atoms with Gasteiger partial charge in [0.2, 0.25) is 0 Å². The van der Waals surface area contributed by atoms with Gasteiger partial charge in [-0.15, -0.1) is 34.0 Å². The molecule has 0 radical (unpaired) electrons. The van der Waals surface area contributed by atoms with Crippen LogP contribution in [0.5, 0.6) is 0 Å². The van der Waals surface area contributed by atoms with Crippen molar-refractivity contribution in [2.45, 2.75) is 12.4 Å². The molecule has 0 aliphatic heterocycles. The summed E-state index contributed by atoms with van der Waals surface area (Å²) < 4.78 is 81.1. The third-order valence-electron chi connectivity index (χ3n) is 5.72. The second-order valence-electron chi connectivity index (χ2n) is 8.28. The number of nitrogens with zero attached hydrogens (tertiary/aromatic N) is 2. The van der Waals surface area contributed by atoms with Crippen molar-refractivity contribution in [3.05, 3.63) is 92.7 Å². The Hall–Kier alpha value is -3.90. The van der Waals surface area contributed by atoms with Gasteiger partial charge in [0, 0.05) is 19.2 Å². The van der Waals surface area contributed by atoms with E-state index in [1.165, 1.54) is 58.3 Å². The molecule has 0 amide bonds. The van der Waals surface area contributed by atoms with Crippen molar-refractivity contribution in [1.82, 2.24) is 0 Å². The molecule has 0 spiro atoms. The van der Waals surface area contributed by atoms with E-state index in [9.17, 15) is 36.9 Å². The zero-order valence-corrected chi connectivity index (χ0v) is 21.8. The summed E-state index contributed by atoms with van der Waals surface area (Å²) in [6.07, 6.45) is -5.64. The molecule has 2 aromatic carbocycles. The number of halogens is 6. The first kappa shape index (κ1) is 26.7. The molecule has 5 rings (SSSR count). The van der Waals surface area contributed by atoms with Crippen molar-refractivity contribution in [2.24, 2.45) is 0 Å². The molecule has 194 valence electrons. The Balaban J connectivity index is 1.45. The van der Waals surface area contributed by atoms with E-state index >= 15 is 0 Å². The maximum Gasteiger partial charge on any atom is 0.416 e. The molecule has 39 heavy (non-hydrogen) atoms. The van der Waals surface area contributed by atoms with E-state index in [2.05, 4.69) is 0 Å². The SMILES string of the molecule is N#C/C(=C\c1cc2sc3cc(/C=C(\C#N)c4ccc(C(F)(F)F)cc4)sc3c2s1)c1ccc(C(F)(F)F)cc1. The molecule has 0 N–H and O–H groups in total. The Kier molecular flexibility index (Phi) is 6.85. The molecule has 0 atom stereocenters. The highest BCUT2D eigenvalue weighted by molar-refractivity contribution is 7.38. The van der Waals surface area contributed by atoms with Crippen molar-refractivity contribution in [1.29, 1.82) is 10.5 Å². The Morgan fingerprint density at radius 1 is 0.590 bits per heavy atom. The highest BCUT2D eigenvalue weighted by Crippen LogP contribution is 2.45. The van der Waals surface area contributed by atoms with E-state index < -0.39 is 23.5 Å². The predicted molar refractivity (Wildman–Crippen MR) is 145 cm³/mol. The Morgan fingerprint density at radius 3 is 1.26 bits per heavy atom. The molecule has 0 saturated heterocycles. The summed E-state index contributed by atoms with van der Waals surface area (Å²) in [6.45, 7) is 0. The molecule has 0 saturated carbocycles. The van der Waals surface area contributed by atoms with Gasteiger partial charge < -0.3 is 0 Å². The molecule has 3 heterocycles. The van der Waals surface area contributed by atoms with Gasteiger partial charge in [0.1, 0.15) is 0 Å². The lowest BCUT2D eigenvalue weighted by Crippen LogP contribution is -2.04. The minimum absolute atomic E-state index is 0.235. The summed E-state index contributed by atoms with van der Waals surface area (Å²) in [4.78, 5) is 1.53. The van der Waals surface area contributed by atoms with Gasteiger partial charge in [-0.3, -0.25) is 0 Å². The Morgan fingerprint density at radius 2 is 0.949 bits per heavy atom. The minimum Gasteiger partial charge on any atom is -0.192 e. The molecule has 0 aliphatic carbocycles. The number of benzene rings is 2. The molecule has 5 aromatic rings. The van der Waals surface area contributed by atoms with Gasteiger partial charge in [0.15, 0.2) is 0 Å². The van der Waals surface area contributed by atoms with Crippen LogP contribution in [0.1, 0.15) is 32.0 Å². The highest BCUT2D eigenvalue weighted by atomic mass is 32.1. The lowest BCUT2D eigenvalue weighted by atomic mass is 10.0. The van der Waals surface area contributed by atoms with Crippen molar-refractivity contribution in [2.75, 3.05) is 0 Å². The standard InChI is InChI=1S/C28H12F6N2S3/c29-27(30,31)19-5-1-15(2-6-19)17(13-35)9-21-11-23-25(37-21)26-24(39-23)12-22(38-26)10-18(14-36)16-3-7-20(8-4-16)28(32,33)34/h1-12H/b17-9+,18-10+. The third-order valence-corrected chi connectivity index (χ3v) is 9.39. The van der Waals surface area contributed by atoms with Crippen LogP contribution in [0.3, 0.4) is 0 Å². The fraction of sp³-hybridized carbons (Fsp3) is 0.0714. The first-order valence-corrected chi connectivity index (χ1v) is 13.5. The van der Waals surface area contributed by atoms with Crippen LogP contribution in [0.25, 0.3) is 42.1 Å². The monoisotopic (exact) mass is 586 g/mol. The molecule has 3 aromatic heterocycles. The van der Waals surface area contributed by atoms with Crippen molar-refractivity contribution < 1.29 is 26.3 Å². The predicted octanol–water partition coefficient (Wildman–Crippen LogP) is 10.3. The number of hydrogen-bond donors (Lipinski definition) is 0. The number of fused-ring (bicyclic) bond motifs is 3. The second kappa shape index (κ2) is 10.0. The summed E-state index contributed by atoms with van der Waals surface area (Å²) >= 11 is 4.40. The summed E-state index contributed by atoms with van der Waals surface area (Å²) in [5.74, 6) is 0. The number of nitriles is 2. The first-order chi connectivity index (χ1) is 18.5. The van der Waals surface area contributed by atoms with Crippen LogP contribution in [0, 0.1) is 22.7 Å². The molecule has 2 nitrogen and oxygen atoms in total. The molecule has 0 bridgehead atoms. The summed E-state index contributed by atoms with van der Waals surface area (Å²) in [5.41, 5.74) is -0.352. The second-order valence-corrected chi connectivity index (χ2v) is 11.5. The van der Waals surface area contributed by atoms with Gasteiger partial charge in [0.05, 0.1) is 43.8 Å². The summed E-state index contributed by atoms with van der Waals surface area (Å²) in [7, 11) is 0. The lowest BCUT2D eigenvalue weighted by Gasteiger charge is -2.07. The lowest BCUT2D eigenvalue weighted by molar-refractivity contribution is -0.138. The van der Waals surface area contributed by atoms with Gasteiger partial charge in [-0.25, -0.2) is 0 Å². The molecular weight excluding hydrogens is 575 g/mol. The Labute approximate surface area is 229 Å². The molecule has 11 heteroatoms. The smallest absolute Gasteiger partial charge is 0.192 e. The normalized spacial score (nSPS) is 13.1. The minimum atomic E-state index is -4.46. The number of allylic oxidation sites excluding steroid dienone is 2. The number of alkyl halides is 6. The van der Waals surface area contributed by atoms with Crippen LogP contribution in [-0.2, 0) is 12.4 Å². The number of hydrogen-bond acceptors (Lipinski definition) is 5. The van der Waals surface area contributed by atoms with E-state index in [1.807, 2.05) is 24.3 Å². The van der Waals surface area contributed by atoms with Gasteiger partial charge in [0.25, 0.3) is 0 Å². The fourth-order valence-corrected chi connectivity index (χ4v) is 7.77.